The maximum absolute atomic E-state index is 12.9. The monoisotopic (exact) mass is 388 g/mol. The van der Waals surface area contributed by atoms with E-state index in [0.29, 0.717) is 56.8 Å². The summed E-state index contributed by atoms with van der Waals surface area (Å²) in [6.45, 7) is 3.50. The van der Waals surface area contributed by atoms with Gasteiger partial charge < -0.3 is 24.4 Å². The molecule has 2 heterocycles. The second-order valence-electron chi connectivity index (χ2n) is 6.65. The van der Waals surface area contributed by atoms with E-state index in [1.54, 1.807) is 21.9 Å². The quantitative estimate of drug-likeness (QED) is 0.813. The third kappa shape index (κ3) is 3.82. The highest BCUT2D eigenvalue weighted by Gasteiger charge is 2.27. The van der Waals surface area contributed by atoms with Crippen LogP contribution in [0.15, 0.2) is 36.4 Å². The van der Waals surface area contributed by atoms with Crippen LogP contribution in [0.3, 0.4) is 0 Å². The minimum atomic E-state index is -0.0256. The zero-order valence-corrected chi connectivity index (χ0v) is 15.6. The van der Waals surface area contributed by atoms with Gasteiger partial charge in [-0.25, -0.2) is 4.79 Å². The van der Waals surface area contributed by atoms with E-state index in [2.05, 4.69) is 0 Å². The van der Waals surface area contributed by atoms with Crippen LogP contribution in [0.25, 0.3) is 11.1 Å². The van der Waals surface area contributed by atoms with E-state index in [1.807, 2.05) is 24.3 Å². The van der Waals surface area contributed by atoms with E-state index in [0.717, 1.165) is 16.7 Å². The largest absolute Gasteiger partial charge is 0.504 e. The number of benzene rings is 2. The van der Waals surface area contributed by atoms with Gasteiger partial charge in [-0.3, -0.25) is 0 Å². The molecule has 0 aromatic heterocycles. The first kappa shape index (κ1) is 17.9. The molecule has 0 spiro atoms. The Morgan fingerprint density at radius 1 is 1.00 bits per heavy atom. The number of phenolic OH excluding ortho intramolecular Hbond substituents is 1. The summed E-state index contributed by atoms with van der Waals surface area (Å²) >= 11 is 6.10. The molecule has 2 aromatic carbocycles. The van der Waals surface area contributed by atoms with Gasteiger partial charge in [-0.05, 0) is 35.4 Å². The summed E-state index contributed by atoms with van der Waals surface area (Å²) in [7, 11) is 0. The Hall–Kier alpha value is -2.44. The maximum atomic E-state index is 12.9. The van der Waals surface area contributed by atoms with Crippen LogP contribution in [0, 0.1) is 0 Å². The number of amides is 2. The van der Waals surface area contributed by atoms with Gasteiger partial charge >= 0.3 is 6.03 Å². The number of carbonyl (C=O) groups is 1. The van der Waals surface area contributed by atoms with Gasteiger partial charge in [-0.1, -0.05) is 23.7 Å². The average Bonchev–Trinajstić information content (AvgIpc) is 2.91. The van der Waals surface area contributed by atoms with E-state index in [4.69, 9.17) is 21.1 Å². The molecule has 1 N–H and O–H groups in total. The number of morpholine rings is 1. The second-order valence-corrected chi connectivity index (χ2v) is 7.08. The Kier molecular flexibility index (Phi) is 5.09. The highest BCUT2D eigenvalue weighted by Crippen LogP contribution is 2.38. The molecule has 0 bridgehead atoms. The highest BCUT2D eigenvalue weighted by molar-refractivity contribution is 6.30. The summed E-state index contributed by atoms with van der Waals surface area (Å²) in [5.41, 5.74) is 2.51. The molecule has 6 nitrogen and oxygen atoms in total. The third-order valence-electron chi connectivity index (χ3n) is 4.83. The van der Waals surface area contributed by atoms with Crippen molar-refractivity contribution in [3.8, 4) is 22.6 Å². The number of aromatic hydroxyl groups is 1. The predicted octanol–water partition coefficient (Wildman–Crippen LogP) is 3.36. The van der Waals surface area contributed by atoms with Crippen molar-refractivity contribution in [2.75, 3.05) is 39.5 Å². The molecule has 1 fully saturated rings. The zero-order valence-electron chi connectivity index (χ0n) is 14.9. The van der Waals surface area contributed by atoms with Gasteiger partial charge in [0.1, 0.15) is 6.61 Å². The lowest BCUT2D eigenvalue weighted by atomic mass is 10.0. The number of nitrogens with zero attached hydrogens (tertiary/aromatic N) is 2. The fourth-order valence-corrected chi connectivity index (χ4v) is 3.64. The maximum Gasteiger partial charge on any atom is 0.320 e. The van der Waals surface area contributed by atoms with Crippen LogP contribution in [0.5, 0.6) is 11.5 Å². The minimum absolute atomic E-state index is 0.0256. The molecule has 2 aliphatic heterocycles. The number of halogens is 1. The third-order valence-corrected chi connectivity index (χ3v) is 5.06. The van der Waals surface area contributed by atoms with Gasteiger partial charge in [-0.2, -0.15) is 0 Å². The Labute approximate surface area is 162 Å². The van der Waals surface area contributed by atoms with Crippen LogP contribution in [-0.4, -0.2) is 60.4 Å². The number of urea groups is 1. The summed E-state index contributed by atoms with van der Waals surface area (Å²) in [6, 6.07) is 11.0. The number of ether oxygens (including phenoxy) is 2. The Bertz CT molecular complexity index is 852. The second kappa shape index (κ2) is 7.66. The molecule has 4 rings (SSSR count). The van der Waals surface area contributed by atoms with Crippen molar-refractivity contribution in [2.45, 2.75) is 6.54 Å². The van der Waals surface area contributed by atoms with Gasteiger partial charge in [0.2, 0.25) is 0 Å². The molecule has 2 amide bonds. The number of fused-ring (bicyclic) bond motifs is 1. The zero-order chi connectivity index (χ0) is 18.8. The first-order chi connectivity index (χ1) is 13.1. The number of hydrogen-bond acceptors (Lipinski definition) is 4. The van der Waals surface area contributed by atoms with Crippen molar-refractivity contribution in [3.05, 3.63) is 47.0 Å². The van der Waals surface area contributed by atoms with Gasteiger partial charge in [0.05, 0.1) is 26.3 Å². The minimum Gasteiger partial charge on any atom is -0.504 e. The Morgan fingerprint density at radius 3 is 2.56 bits per heavy atom. The highest BCUT2D eigenvalue weighted by atomic mass is 35.5. The first-order valence-electron chi connectivity index (χ1n) is 8.98. The van der Waals surface area contributed by atoms with Crippen molar-refractivity contribution >= 4 is 17.6 Å². The molecule has 0 saturated carbocycles. The number of hydrogen-bond donors (Lipinski definition) is 1. The smallest absolute Gasteiger partial charge is 0.320 e. The molecule has 0 unspecified atom stereocenters. The van der Waals surface area contributed by atoms with Crippen LogP contribution >= 0.6 is 11.6 Å². The van der Waals surface area contributed by atoms with E-state index in [-0.39, 0.29) is 11.8 Å². The molecule has 0 atom stereocenters. The molecule has 2 aromatic rings. The summed E-state index contributed by atoms with van der Waals surface area (Å²) in [5, 5.41) is 11.1. The van der Waals surface area contributed by atoms with Crippen molar-refractivity contribution in [3.63, 3.8) is 0 Å². The van der Waals surface area contributed by atoms with Crippen LogP contribution in [0.2, 0.25) is 5.02 Å². The molecule has 0 aliphatic carbocycles. The lowest BCUT2D eigenvalue weighted by Crippen LogP contribution is -2.48. The molecule has 0 radical (unpaired) electrons. The summed E-state index contributed by atoms with van der Waals surface area (Å²) in [5.74, 6) is 0.515. The molecule has 27 heavy (non-hydrogen) atoms. The van der Waals surface area contributed by atoms with E-state index < -0.39 is 0 Å². The first-order valence-corrected chi connectivity index (χ1v) is 9.36. The molecule has 7 heteroatoms. The average molecular weight is 389 g/mol. The van der Waals surface area contributed by atoms with Crippen molar-refractivity contribution in [2.24, 2.45) is 0 Å². The van der Waals surface area contributed by atoms with Crippen LogP contribution in [0.1, 0.15) is 5.56 Å². The standard InChI is InChI=1S/C20H21ClN2O4/c21-17-3-1-2-14(11-17)15-10-16-13-23(6-9-27-19(16)18(24)12-15)20(25)22-4-7-26-8-5-22/h1-3,10-12,24H,4-9,13H2. The lowest BCUT2D eigenvalue weighted by Gasteiger charge is -2.32. The van der Waals surface area contributed by atoms with E-state index in [9.17, 15) is 9.90 Å². The van der Waals surface area contributed by atoms with Gasteiger partial charge in [-0.15, -0.1) is 0 Å². The Balaban J connectivity index is 1.63. The number of carbonyl (C=O) groups excluding carboxylic acids is 1. The van der Waals surface area contributed by atoms with Gasteiger partial charge in [0.25, 0.3) is 0 Å². The summed E-state index contributed by atoms with van der Waals surface area (Å²) in [4.78, 5) is 16.4. The SMILES string of the molecule is O=C(N1CCOCC1)N1CCOc2c(O)cc(-c3cccc(Cl)c3)cc2C1. The predicted molar refractivity (Wildman–Crippen MR) is 102 cm³/mol. The summed E-state index contributed by atoms with van der Waals surface area (Å²) < 4.78 is 11.1. The van der Waals surface area contributed by atoms with Crippen LogP contribution in [-0.2, 0) is 11.3 Å². The lowest BCUT2D eigenvalue weighted by molar-refractivity contribution is 0.0422. The van der Waals surface area contributed by atoms with Crippen LogP contribution in [0.4, 0.5) is 4.79 Å². The number of rotatable bonds is 1. The molecule has 1 saturated heterocycles. The van der Waals surface area contributed by atoms with Crippen molar-refractivity contribution in [1.29, 1.82) is 0 Å². The molecular weight excluding hydrogens is 368 g/mol. The van der Waals surface area contributed by atoms with E-state index in [1.165, 1.54) is 0 Å². The molecule has 142 valence electrons. The fraction of sp³-hybridized carbons (Fsp3) is 0.350. The topological polar surface area (TPSA) is 62.2 Å². The number of phenols is 1. The van der Waals surface area contributed by atoms with Crippen molar-refractivity contribution in [1.82, 2.24) is 9.80 Å². The van der Waals surface area contributed by atoms with Crippen LogP contribution < -0.4 is 4.74 Å². The van der Waals surface area contributed by atoms with Crippen molar-refractivity contribution < 1.29 is 19.4 Å². The normalized spacial score (nSPS) is 17.1. The fourth-order valence-electron chi connectivity index (χ4n) is 3.45. The molecule has 2 aliphatic rings. The van der Waals surface area contributed by atoms with Gasteiger partial charge in [0.15, 0.2) is 11.5 Å². The molecular formula is C20H21ClN2O4. The summed E-state index contributed by atoms with van der Waals surface area (Å²) in [6.07, 6.45) is 0. The van der Waals surface area contributed by atoms with E-state index >= 15 is 0 Å². The van der Waals surface area contributed by atoms with Gasteiger partial charge in [0, 0.05) is 23.7 Å². The Morgan fingerprint density at radius 2 is 1.78 bits per heavy atom.